The van der Waals surface area contributed by atoms with E-state index in [0.29, 0.717) is 0 Å². The average molecular weight is 110 g/mol. The summed E-state index contributed by atoms with van der Waals surface area (Å²) in [5, 5.41) is 0. The van der Waals surface area contributed by atoms with Crippen molar-refractivity contribution in [1.29, 1.82) is 0 Å². The Kier molecular flexibility index (Phi) is 9.08. The van der Waals surface area contributed by atoms with Gasteiger partial charge in [0.05, 0.1) is 0 Å². The Bertz CT molecular complexity index is 14.4. The van der Waals surface area contributed by atoms with E-state index in [2.05, 4.69) is 0 Å². The Hall–Kier alpha value is 0.882. The van der Waals surface area contributed by atoms with E-state index in [0.717, 1.165) is 0 Å². The molecule has 0 saturated heterocycles. The topological polar surface area (TPSA) is 40.5 Å². The smallest absolute Gasteiger partial charge is 0.187 e. The fourth-order valence-electron chi connectivity index (χ4n) is 0. The van der Waals surface area contributed by atoms with Crippen LogP contribution in [0.25, 0.3) is 0 Å². The molecule has 0 saturated carbocycles. The van der Waals surface area contributed by atoms with Crippen molar-refractivity contribution < 1.29 is 9.79 Å². The molecule has 0 fully saturated rings. The molecule has 0 radical (unpaired) electrons. The average Bonchev–Trinajstić information content (AvgIpc) is 0.811. The van der Waals surface area contributed by atoms with Gasteiger partial charge < -0.3 is 9.79 Å². The zero-order valence-electron chi connectivity index (χ0n) is 2.34. The molecule has 5 heavy (non-hydrogen) atoms. The van der Waals surface area contributed by atoms with Crippen LogP contribution in [0.2, 0.25) is 0 Å². The molecule has 2 N–H and O–H groups in total. The molecule has 0 aliphatic heterocycles. The minimum atomic E-state index is -1.62. The third kappa shape index (κ3) is 52.1. The lowest BCUT2D eigenvalue weighted by atomic mass is 12.0. The molecular formula is CH8AlO2P. The lowest BCUT2D eigenvalue weighted by Crippen LogP contribution is -1.52. The van der Waals surface area contributed by atoms with E-state index in [4.69, 9.17) is 9.79 Å². The summed E-state index contributed by atoms with van der Waals surface area (Å²) in [6, 6.07) is 0. The second-order valence-electron chi connectivity index (χ2n) is 0.489. The molecule has 0 amide bonds. The van der Waals surface area contributed by atoms with Gasteiger partial charge in [0.15, 0.2) is 25.7 Å². The van der Waals surface area contributed by atoms with Gasteiger partial charge in [-0.3, -0.25) is 0 Å². The molecule has 0 atom stereocenters. The summed E-state index contributed by atoms with van der Waals surface area (Å²) < 4.78 is 0. The maximum atomic E-state index is 7.68. The molecule has 0 aromatic carbocycles. The van der Waals surface area contributed by atoms with Crippen LogP contribution >= 0.6 is 8.38 Å². The van der Waals surface area contributed by atoms with Crippen LogP contribution in [0, 0.1) is 0 Å². The Labute approximate surface area is 42.9 Å². The van der Waals surface area contributed by atoms with Gasteiger partial charge in [-0.05, 0) is 0 Å². The predicted octanol–water partition coefficient (Wildman–Crippen LogP) is -1.27. The molecule has 0 aliphatic rings. The van der Waals surface area contributed by atoms with Crippen LogP contribution in [0.15, 0.2) is 0 Å². The normalized spacial score (nSPS) is 7.20. The summed E-state index contributed by atoms with van der Waals surface area (Å²) in [5.74, 6) is 0. The summed E-state index contributed by atoms with van der Waals surface area (Å²) in [7, 11) is -1.62. The zero-order valence-corrected chi connectivity index (χ0v) is 3.24. The SMILES string of the molecule is CP(O)O.[AlH3]. The lowest BCUT2D eigenvalue weighted by Gasteiger charge is -1.79. The third-order valence-corrected chi connectivity index (χ3v) is 0. The van der Waals surface area contributed by atoms with Crippen LogP contribution in [0.4, 0.5) is 0 Å². The van der Waals surface area contributed by atoms with Crippen molar-refractivity contribution in [2.24, 2.45) is 0 Å². The van der Waals surface area contributed by atoms with E-state index in [9.17, 15) is 0 Å². The van der Waals surface area contributed by atoms with Gasteiger partial charge in [0.25, 0.3) is 0 Å². The minimum absolute atomic E-state index is 0. The third-order valence-electron chi connectivity index (χ3n) is 0. The van der Waals surface area contributed by atoms with Crippen LogP contribution in [0.5, 0.6) is 0 Å². The highest BCUT2D eigenvalue weighted by Crippen LogP contribution is 2.12. The monoisotopic (exact) mass is 110 g/mol. The Balaban J connectivity index is 0. The van der Waals surface area contributed by atoms with Gasteiger partial charge >= 0.3 is 0 Å². The summed E-state index contributed by atoms with van der Waals surface area (Å²) in [6.07, 6.45) is 0. The van der Waals surface area contributed by atoms with Crippen LogP contribution in [0.1, 0.15) is 0 Å². The van der Waals surface area contributed by atoms with E-state index in [-0.39, 0.29) is 17.4 Å². The standard InChI is InChI=1S/CH5O2P.Al.3H/c1-4(2)3;;;;/h2-3H,1H3;;;;. The van der Waals surface area contributed by atoms with Gasteiger partial charge in [0.1, 0.15) is 0 Å². The maximum absolute atomic E-state index is 7.68. The van der Waals surface area contributed by atoms with Crippen molar-refractivity contribution in [2.75, 3.05) is 6.66 Å². The largest absolute Gasteiger partial charge is 0.350 e. The predicted molar refractivity (Wildman–Crippen MR) is 27.2 cm³/mol. The van der Waals surface area contributed by atoms with Crippen molar-refractivity contribution in [3.63, 3.8) is 0 Å². The summed E-state index contributed by atoms with van der Waals surface area (Å²) in [6.45, 7) is 1.34. The first-order chi connectivity index (χ1) is 1.73. The van der Waals surface area contributed by atoms with Gasteiger partial charge in [-0.15, -0.1) is 0 Å². The second-order valence-corrected chi connectivity index (χ2v) is 1.47. The van der Waals surface area contributed by atoms with Crippen LogP contribution in [0.3, 0.4) is 0 Å². The van der Waals surface area contributed by atoms with Crippen LogP contribution in [-0.2, 0) is 0 Å². The van der Waals surface area contributed by atoms with Crippen molar-refractivity contribution in [1.82, 2.24) is 0 Å². The van der Waals surface area contributed by atoms with Crippen molar-refractivity contribution in [2.45, 2.75) is 0 Å². The molecule has 0 aliphatic carbocycles. The molecule has 0 heterocycles. The van der Waals surface area contributed by atoms with Gasteiger partial charge in [-0.1, -0.05) is 0 Å². The van der Waals surface area contributed by atoms with E-state index in [1.807, 2.05) is 0 Å². The van der Waals surface area contributed by atoms with Crippen molar-refractivity contribution >= 4 is 25.7 Å². The first-order valence-corrected chi connectivity index (χ1v) is 2.54. The summed E-state index contributed by atoms with van der Waals surface area (Å²) in [4.78, 5) is 15.4. The quantitative estimate of drug-likeness (QED) is 0.301. The van der Waals surface area contributed by atoms with E-state index >= 15 is 0 Å². The molecule has 0 spiro atoms. The fraction of sp³-hybridized carbons (Fsp3) is 1.00. The molecule has 0 bridgehead atoms. The van der Waals surface area contributed by atoms with E-state index < -0.39 is 8.38 Å². The number of hydrogen-bond acceptors (Lipinski definition) is 2. The highest BCUT2D eigenvalue weighted by Gasteiger charge is 1.72. The molecule has 4 heteroatoms. The lowest BCUT2D eigenvalue weighted by molar-refractivity contribution is 0.491. The van der Waals surface area contributed by atoms with Crippen molar-refractivity contribution in [3.8, 4) is 0 Å². The van der Waals surface area contributed by atoms with Crippen LogP contribution < -0.4 is 0 Å². The van der Waals surface area contributed by atoms with E-state index in [1.54, 1.807) is 0 Å². The Morgan fingerprint density at radius 1 is 1.40 bits per heavy atom. The molecule has 0 unspecified atom stereocenters. The molecule has 2 nitrogen and oxygen atoms in total. The Morgan fingerprint density at radius 2 is 1.40 bits per heavy atom. The highest BCUT2D eigenvalue weighted by molar-refractivity contribution is 7.44. The fourth-order valence-corrected chi connectivity index (χ4v) is 0. The number of rotatable bonds is 0. The first-order valence-electron chi connectivity index (χ1n) is 0.847. The van der Waals surface area contributed by atoms with Gasteiger partial charge in [-0.2, -0.15) is 0 Å². The summed E-state index contributed by atoms with van der Waals surface area (Å²) >= 11 is 0. The second kappa shape index (κ2) is 4.88. The van der Waals surface area contributed by atoms with Gasteiger partial charge in [-0.25, -0.2) is 0 Å². The zero-order chi connectivity index (χ0) is 3.58. The van der Waals surface area contributed by atoms with Gasteiger partial charge in [0, 0.05) is 6.66 Å². The molecular weight excluding hydrogens is 102 g/mol. The van der Waals surface area contributed by atoms with Crippen molar-refractivity contribution in [3.05, 3.63) is 0 Å². The molecule has 0 rings (SSSR count). The first kappa shape index (κ1) is 9.30. The van der Waals surface area contributed by atoms with Gasteiger partial charge in [0.2, 0.25) is 0 Å². The highest BCUT2D eigenvalue weighted by atomic mass is 31.2. The van der Waals surface area contributed by atoms with Crippen LogP contribution in [-0.4, -0.2) is 33.8 Å². The molecule has 0 aromatic heterocycles. The summed E-state index contributed by atoms with van der Waals surface area (Å²) in [5.41, 5.74) is 0. The number of hydrogen-bond donors (Lipinski definition) is 2. The van der Waals surface area contributed by atoms with E-state index in [1.165, 1.54) is 6.66 Å². The molecule has 32 valence electrons. The Morgan fingerprint density at radius 3 is 1.40 bits per heavy atom. The molecule has 0 aromatic rings. The maximum Gasteiger partial charge on any atom is 0.187 e. The minimum Gasteiger partial charge on any atom is -0.350 e.